The summed E-state index contributed by atoms with van der Waals surface area (Å²) in [6, 6.07) is 17.2. The molecule has 1 saturated heterocycles. The molecule has 10 heteroatoms. The standard InChI is InChI=1S/C25H19BrFN3O5/c1-34-21-12-15(11-19-24(32)29-30(25(19)33)18-5-3-2-4-6-18)20(26)13-22(21)35-14-23(31)28-17-9-7-16(27)8-10-17/h2-13H,14H2,1H3,(H,28,31)(H,29,32)/b19-11-. The van der Waals surface area contributed by atoms with Crippen molar-refractivity contribution in [2.24, 2.45) is 0 Å². The number of hydrazine groups is 1. The number of halogens is 2. The van der Waals surface area contributed by atoms with Crippen LogP contribution in [0.3, 0.4) is 0 Å². The minimum atomic E-state index is -0.539. The molecular formula is C25H19BrFN3O5. The number of hydrogen-bond acceptors (Lipinski definition) is 5. The van der Waals surface area contributed by atoms with Gasteiger partial charge in [0.15, 0.2) is 18.1 Å². The van der Waals surface area contributed by atoms with Gasteiger partial charge in [0.2, 0.25) is 0 Å². The van der Waals surface area contributed by atoms with Crippen molar-refractivity contribution < 1.29 is 28.2 Å². The van der Waals surface area contributed by atoms with Gasteiger partial charge in [-0.25, -0.2) is 9.40 Å². The van der Waals surface area contributed by atoms with Crippen LogP contribution in [0.2, 0.25) is 0 Å². The Morgan fingerprint density at radius 3 is 2.49 bits per heavy atom. The second kappa shape index (κ2) is 10.4. The summed E-state index contributed by atoms with van der Waals surface area (Å²) in [5, 5.41) is 3.78. The number of para-hydroxylation sites is 1. The number of carbonyl (C=O) groups excluding carboxylic acids is 3. The molecule has 0 atom stereocenters. The molecule has 3 amide bonds. The van der Waals surface area contributed by atoms with E-state index in [9.17, 15) is 18.8 Å². The molecule has 0 spiro atoms. The van der Waals surface area contributed by atoms with E-state index in [1.807, 2.05) is 6.07 Å². The van der Waals surface area contributed by atoms with E-state index in [1.54, 1.807) is 36.4 Å². The number of methoxy groups -OCH3 is 1. The molecule has 0 unspecified atom stereocenters. The zero-order valence-corrected chi connectivity index (χ0v) is 20.0. The monoisotopic (exact) mass is 539 g/mol. The van der Waals surface area contributed by atoms with Crippen LogP contribution in [-0.4, -0.2) is 31.4 Å². The third kappa shape index (κ3) is 5.49. The fourth-order valence-electron chi connectivity index (χ4n) is 3.28. The lowest BCUT2D eigenvalue weighted by atomic mass is 10.1. The van der Waals surface area contributed by atoms with E-state index in [4.69, 9.17) is 9.47 Å². The van der Waals surface area contributed by atoms with Crippen LogP contribution in [0.5, 0.6) is 11.5 Å². The third-order valence-corrected chi connectivity index (χ3v) is 5.66. The highest BCUT2D eigenvalue weighted by Crippen LogP contribution is 2.35. The molecule has 0 saturated carbocycles. The Hall–Kier alpha value is -4.18. The quantitative estimate of drug-likeness (QED) is 0.348. The second-order valence-electron chi connectivity index (χ2n) is 7.34. The number of hydrogen-bond donors (Lipinski definition) is 2. The van der Waals surface area contributed by atoms with Gasteiger partial charge < -0.3 is 14.8 Å². The highest BCUT2D eigenvalue weighted by molar-refractivity contribution is 9.10. The SMILES string of the molecule is COc1cc(/C=C2/C(=O)NN(c3ccccc3)C2=O)c(Br)cc1OCC(=O)Nc1ccc(F)cc1. The minimum Gasteiger partial charge on any atom is -0.493 e. The van der Waals surface area contributed by atoms with E-state index in [-0.39, 0.29) is 17.9 Å². The van der Waals surface area contributed by atoms with Gasteiger partial charge in [-0.2, -0.15) is 0 Å². The lowest BCUT2D eigenvalue weighted by molar-refractivity contribution is -0.118. The topological polar surface area (TPSA) is 97.0 Å². The van der Waals surface area contributed by atoms with E-state index in [2.05, 4.69) is 26.7 Å². The van der Waals surface area contributed by atoms with Gasteiger partial charge >= 0.3 is 0 Å². The Morgan fingerprint density at radius 2 is 1.80 bits per heavy atom. The summed E-state index contributed by atoms with van der Waals surface area (Å²) in [6.07, 6.45) is 1.44. The fourth-order valence-corrected chi connectivity index (χ4v) is 3.72. The molecular weight excluding hydrogens is 521 g/mol. The van der Waals surface area contributed by atoms with Crippen molar-refractivity contribution in [3.8, 4) is 11.5 Å². The maximum atomic E-state index is 13.0. The first-order chi connectivity index (χ1) is 16.9. The molecule has 0 aliphatic carbocycles. The van der Waals surface area contributed by atoms with Crippen LogP contribution in [0.4, 0.5) is 15.8 Å². The van der Waals surface area contributed by atoms with E-state index >= 15 is 0 Å². The Bertz CT molecular complexity index is 1310. The summed E-state index contributed by atoms with van der Waals surface area (Å²) in [5.41, 5.74) is 3.96. The molecule has 0 radical (unpaired) electrons. The number of carbonyl (C=O) groups is 3. The van der Waals surface area contributed by atoms with Crippen molar-refractivity contribution in [3.05, 3.63) is 88.2 Å². The van der Waals surface area contributed by atoms with Crippen LogP contribution >= 0.6 is 15.9 Å². The fraction of sp³-hybridized carbons (Fsp3) is 0.0800. The molecule has 1 aliphatic rings. The average Bonchev–Trinajstić information content (AvgIpc) is 3.14. The highest BCUT2D eigenvalue weighted by atomic mass is 79.9. The number of anilines is 2. The molecule has 35 heavy (non-hydrogen) atoms. The number of amides is 3. The van der Waals surface area contributed by atoms with Crippen molar-refractivity contribution >= 4 is 51.1 Å². The molecule has 3 aromatic rings. The van der Waals surface area contributed by atoms with Gasteiger partial charge in [0.05, 0.1) is 12.8 Å². The molecule has 178 valence electrons. The first-order valence-electron chi connectivity index (χ1n) is 10.3. The zero-order chi connectivity index (χ0) is 24.9. The van der Waals surface area contributed by atoms with Crippen molar-refractivity contribution in [3.63, 3.8) is 0 Å². The van der Waals surface area contributed by atoms with Crippen LogP contribution in [0.15, 0.2) is 76.8 Å². The van der Waals surface area contributed by atoms with Crippen LogP contribution in [0, 0.1) is 5.82 Å². The molecule has 4 rings (SSSR count). The van der Waals surface area contributed by atoms with Crippen molar-refractivity contribution in [2.45, 2.75) is 0 Å². The van der Waals surface area contributed by atoms with Crippen molar-refractivity contribution in [2.75, 3.05) is 24.0 Å². The van der Waals surface area contributed by atoms with Gasteiger partial charge in [-0.1, -0.05) is 34.1 Å². The third-order valence-electron chi connectivity index (χ3n) is 4.98. The van der Waals surface area contributed by atoms with Gasteiger partial charge in [-0.15, -0.1) is 0 Å². The highest BCUT2D eigenvalue weighted by Gasteiger charge is 2.34. The van der Waals surface area contributed by atoms with E-state index in [0.717, 1.165) is 0 Å². The van der Waals surface area contributed by atoms with Crippen LogP contribution in [0.1, 0.15) is 5.56 Å². The Kier molecular flexibility index (Phi) is 7.11. The molecule has 1 heterocycles. The van der Waals surface area contributed by atoms with Crippen LogP contribution in [0.25, 0.3) is 6.08 Å². The minimum absolute atomic E-state index is 0.0519. The van der Waals surface area contributed by atoms with E-state index in [0.29, 0.717) is 27.2 Å². The molecule has 0 bridgehead atoms. The van der Waals surface area contributed by atoms with Gasteiger partial charge in [0.1, 0.15) is 11.4 Å². The summed E-state index contributed by atoms with van der Waals surface area (Å²) >= 11 is 3.41. The zero-order valence-electron chi connectivity index (χ0n) is 18.4. The second-order valence-corrected chi connectivity index (χ2v) is 8.20. The predicted octanol–water partition coefficient (Wildman–Crippen LogP) is 4.08. The number of nitrogens with zero attached hydrogens (tertiary/aromatic N) is 1. The lowest BCUT2D eigenvalue weighted by Crippen LogP contribution is -2.35. The normalized spacial score (nSPS) is 14.1. The number of ether oxygens (including phenoxy) is 2. The lowest BCUT2D eigenvalue weighted by Gasteiger charge is -2.14. The van der Waals surface area contributed by atoms with E-state index in [1.165, 1.54) is 42.5 Å². The maximum absolute atomic E-state index is 13.0. The summed E-state index contributed by atoms with van der Waals surface area (Å²) in [4.78, 5) is 37.5. The van der Waals surface area contributed by atoms with Crippen molar-refractivity contribution in [1.82, 2.24) is 5.43 Å². The average molecular weight is 540 g/mol. The van der Waals surface area contributed by atoms with Crippen LogP contribution in [-0.2, 0) is 14.4 Å². The largest absolute Gasteiger partial charge is 0.493 e. The van der Waals surface area contributed by atoms with Crippen molar-refractivity contribution in [1.29, 1.82) is 0 Å². The molecule has 1 aliphatic heterocycles. The van der Waals surface area contributed by atoms with Gasteiger partial charge in [0.25, 0.3) is 17.7 Å². The Balaban J connectivity index is 1.50. The summed E-state index contributed by atoms with van der Waals surface area (Å²) < 4.78 is 24.5. The Morgan fingerprint density at radius 1 is 1.09 bits per heavy atom. The molecule has 2 N–H and O–H groups in total. The molecule has 1 fully saturated rings. The number of rotatable bonds is 7. The van der Waals surface area contributed by atoms with Gasteiger partial charge in [-0.3, -0.25) is 19.8 Å². The summed E-state index contributed by atoms with van der Waals surface area (Å²) in [7, 11) is 1.43. The van der Waals surface area contributed by atoms with E-state index < -0.39 is 23.5 Å². The number of nitrogens with one attached hydrogen (secondary N) is 2. The first kappa shape index (κ1) is 24.0. The molecule has 8 nitrogen and oxygen atoms in total. The summed E-state index contributed by atoms with van der Waals surface area (Å²) in [6.45, 7) is -0.326. The van der Waals surface area contributed by atoms with Gasteiger partial charge in [0, 0.05) is 10.2 Å². The smallest absolute Gasteiger partial charge is 0.282 e. The predicted molar refractivity (Wildman–Crippen MR) is 131 cm³/mol. The first-order valence-corrected chi connectivity index (χ1v) is 11.1. The molecule has 3 aromatic carbocycles. The Labute approximate surface area is 208 Å². The van der Waals surface area contributed by atoms with Crippen LogP contribution < -0.4 is 25.2 Å². The number of benzene rings is 3. The molecule has 0 aromatic heterocycles. The van der Waals surface area contributed by atoms with Gasteiger partial charge in [-0.05, 0) is 60.2 Å². The maximum Gasteiger partial charge on any atom is 0.282 e. The summed E-state index contributed by atoms with van der Waals surface area (Å²) in [5.74, 6) is -1.33.